The second kappa shape index (κ2) is 4.37. The van der Waals surface area contributed by atoms with Crippen LogP contribution in [0.2, 0.25) is 0 Å². The molecule has 0 unspecified atom stereocenters. The van der Waals surface area contributed by atoms with E-state index in [0.29, 0.717) is 11.7 Å². The minimum absolute atomic E-state index is 0.223. The summed E-state index contributed by atoms with van der Waals surface area (Å²) in [6, 6.07) is 4.31. The number of nitrogens with one attached hydrogen (secondary N) is 2. The largest absolute Gasteiger partial charge is 0.380 e. The molecule has 4 heteroatoms. The average Bonchev–Trinajstić information content (AvgIpc) is 2.42. The first-order valence-corrected chi connectivity index (χ1v) is 7.63. The Morgan fingerprint density at radius 2 is 1.80 bits per heavy atom. The fourth-order valence-corrected chi connectivity index (χ4v) is 5.05. The Morgan fingerprint density at radius 3 is 2.40 bits per heavy atom. The van der Waals surface area contributed by atoms with Crippen molar-refractivity contribution in [1.82, 2.24) is 4.98 Å². The monoisotopic (exact) mass is 269 g/mol. The van der Waals surface area contributed by atoms with Gasteiger partial charge in [-0.1, -0.05) is 0 Å². The van der Waals surface area contributed by atoms with Crippen LogP contribution in [0.5, 0.6) is 0 Å². The van der Waals surface area contributed by atoms with Gasteiger partial charge < -0.3 is 10.3 Å². The molecule has 1 aromatic heterocycles. The lowest BCUT2D eigenvalue weighted by Crippen LogP contribution is -2.51. The molecule has 4 aliphatic rings. The van der Waals surface area contributed by atoms with E-state index in [0.717, 1.165) is 23.7 Å². The second-order valence-corrected chi connectivity index (χ2v) is 6.81. The van der Waals surface area contributed by atoms with Crippen molar-refractivity contribution in [2.75, 3.05) is 5.32 Å². The molecular weight excluding hydrogens is 250 g/mol. The van der Waals surface area contributed by atoms with Crippen LogP contribution in [0.1, 0.15) is 37.7 Å². The van der Waals surface area contributed by atoms with Gasteiger partial charge in [0, 0.05) is 12.2 Å². The number of aromatic nitrogens is 1. The number of nitrogens with zero attached hydrogens (tertiary/aromatic N) is 1. The molecule has 104 valence electrons. The Balaban J connectivity index is 1.63. The van der Waals surface area contributed by atoms with Gasteiger partial charge in [-0.2, -0.15) is 5.26 Å². The number of hydrogen-bond acceptors (Lipinski definition) is 3. The van der Waals surface area contributed by atoms with Gasteiger partial charge in [-0.05, 0) is 61.8 Å². The number of aromatic amines is 1. The van der Waals surface area contributed by atoms with Gasteiger partial charge >= 0.3 is 0 Å². The highest BCUT2D eigenvalue weighted by molar-refractivity contribution is 5.56. The predicted molar refractivity (Wildman–Crippen MR) is 76.2 cm³/mol. The molecule has 20 heavy (non-hydrogen) atoms. The van der Waals surface area contributed by atoms with Crippen LogP contribution in [0.15, 0.2) is 17.1 Å². The van der Waals surface area contributed by atoms with Crippen molar-refractivity contribution in [2.45, 2.75) is 38.1 Å². The number of anilines is 1. The van der Waals surface area contributed by atoms with Gasteiger partial charge in [0.25, 0.3) is 5.56 Å². The van der Waals surface area contributed by atoms with Crippen LogP contribution >= 0.6 is 0 Å². The lowest BCUT2D eigenvalue weighted by molar-refractivity contribution is 0.00753. The van der Waals surface area contributed by atoms with Crippen molar-refractivity contribution < 1.29 is 0 Å². The fraction of sp³-hybridized carbons (Fsp3) is 0.625. The highest BCUT2D eigenvalue weighted by atomic mass is 16.1. The van der Waals surface area contributed by atoms with E-state index in [1.807, 2.05) is 12.1 Å². The second-order valence-electron chi connectivity index (χ2n) is 6.81. The highest BCUT2D eigenvalue weighted by Gasteiger charge is 2.48. The molecule has 2 N–H and O–H groups in total. The zero-order valence-corrected chi connectivity index (χ0v) is 11.4. The smallest absolute Gasteiger partial charge is 0.267 e. The summed E-state index contributed by atoms with van der Waals surface area (Å²) in [5, 5.41) is 12.7. The van der Waals surface area contributed by atoms with Crippen molar-refractivity contribution in [3.05, 3.63) is 28.2 Å². The fourth-order valence-electron chi connectivity index (χ4n) is 5.05. The van der Waals surface area contributed by atoms with Crippen LogP contribution in [-0.2, 0) is 0 Å². The van der Waals surface area contributed by atoms with Crippen LogP contribution < -0.4 is 10.9 Å². The average molecular weight is 269 g/mol. The molecule has 4 saturated carbocycles. The number of pyridine rings is 1. The topological polar surface area (TPSA) is 68.7 Å². The predicted octanol–water partition coefficient (Wildman–Crippen LogP) is 2.48. The first kappa shape index (κ1) is 12.0. The van der Waals surface area contributed by atoms with E-state index >= 15 is 0 Å². The molecule has 1 aromatic rings. The molecule has 0 amide bonds. The maximum absolute atomic E-state index is 11.7. The summed E-state index contributed by atoms with van der Waals surface area (Å²) in [6.07, 6.45) is 8.38. The number of H-pyrrole nitrogens is 1. The summed E-state index contributed by atoms with van der Waals surface area (Å²) in [6.45, 7) is 0. The summed E-state index contributed by atoms with van der Waals surface area (Å²) in [5.41, 5.74) is 0.649. The van der Waals surface area contributed by atoms with Gasteiger partial charge in [-0.3, -0.25) is 4.79 Å². The Labute approximate surface area is 118 Å². The molecule has 0 aliphatic heterocycles. The molecule has 4 fully saturated rings. The van der Waals surface area contributed by atoms with E-state index in [4.69, 9.17) is 0 Å². The Bertz CT molecular complexity index is 599. The maximum atomic E-state index is 11.7. The van der Waals surface area contributed by atoms with E-state index in [2.05, 4.69) is 10.3 Å². The van der Waals surface area contributed by atoms with Crippen LogP contribution in [0.3, 0.4) is 0 Å². The number of hydrogen-bond donors (Lipinski definition) is 2. The van der Waals surface area contributed by atoms with Gasteiger partial charge in [0.1, 0.15) is 11.6 Å². The first-order chi connectivity index (χ1) is 9.74. The van der Waals surface area contributed by atoms with E-state index < -0.39 is 0 Å². The normalized spacial score (nSPS) is 37.6. The third kappa shape index (κ3) is 1.76. The molecule has 0 saturated heterocycles. The van der Waals surface area contributed by atoms with Gasteiger partial charge in [0.15, 0.2) is 0 Å². The summed E-state index contributed by atoms with van der Waals surface area (Å²) < 4.78 is 0. The number of nitriles is 1. The quantitative estimate of drug-likeness (QED) is 0.866. The first-order valence-electron chi connectivity index (χ1n) is 7.63. The van der Waals surface area contributed by atoms with Crippen molar-refractivity contribution in [3.63, 3.8) is 0 Å². The lowest BCUT2D eigenvalue weighted by atomic mass is 9.54. The van der Waals surface area contributed by atoms with Crippen molar-refractivity contribution >= 4 is 5.69 Å². The molecular formula is C16H19N3O. The number of rotatable bonds is 2. The summed E-state index contributed by atoms with van der Waals surface area (Å²) in [5.74, 6) is 3.34. The Morgan fingerprint density at radius 1 is 1.15 bits per heavy atom. The van der Waals surface area contributed by atoms with Crippen molar-refractivity contribution in [3.8, 4) is 6.07 Å². The zero-order chi connectivity index (χ0) is 13.7. The van der Waals surface area contributed by atoms with Gasteiger partial charge in [-0.15, -0.1) is 0 Å². The van der Waals surface area contributed by atoms with Crippen LogP contribution in [-0.4, -0.2) is 11.0 Å². The third-order valence-electron chi connectivity index (χ3n) is 5.62. The van der Waals surface area contributed by atoms with Crippen molar-refractivity contribution in [2.24, 2.45) is 23.7 Å². The van der Waals surface area contributed by atoms with E-state index in [1.165, 1.54) is 32.1 Å². The van der Waals surface area contributed by atoms with Crippen molar-refractivity contribution in [1.29, 1.82) is 5.26 Å². The Hall–Kier alpha value is -1.76. The molecule has 1 heterocycles. The van der Waals surface area contributed by atoms with Crippen LogP contribution in [0.25, 0.3) is 0 Å². The lowest BCUT2D eigenvalue weighted by Gasteiger charge is -2.54. The Kier molecular flexibility index (Phi) is 2.63. The SMILES string of the molecule is N#Cc1c(NC2C3CC4CC(C3)CC2C4)cc[nH]c1=O. The van der Waals surface area contributed by atoms with E-state index in [9.17, 15) is 10.1 Å². The standard InChI is InChI=1S/C16H19N3O/c17-8-13-14(1-2-18-16(13)20)19-15-11-4-9-3-10(6-11)7-12(15)5-9/h1-2,9-12,15H,3-7H2,(H2,18,19,20). The van der Waals surface area contributed by atoms with Gasteiger partial charge in [-0.25, -0.2) is 0 Å². The molecule has 4 nitrogen and oxygen atoms in total. The summed E-state index contributed by atoms with van der Waals surface area (Å²) >= 11 is 0. The minimum Gasteiger partial charge on any atom is -0.380 e. The van der Waals surface area contributed by atoms with Gasteiger partial charge in [0.2, 0.25) is 0 Å². The molecule has 5 rings (SSSR count). The molecule has 0 radical (unpaired) electrons. The van der Waals surface area contributed by atoms with Crippen LogP contribution in [0, 0.1) is 35.0 Å². The maximum Gasteiger partial charge on any atom is 0.267 e. The highest BCUT2D eigenvalue weighted by Crippen LogP contribution is 2.54. The molecule has 0 spiro atoms. The molecule has 4 aliphatic carbocycles. The molecule has 0 aromatic carbocycles. The molecule has 4 bridgehead atoms. The van der Waals surface area contributed by atoms with Crippen LogP contribution in [0.4, 0.5) is 5.69 Å². The summed E-state index contributed by atoms with van der Waals surface area (Å²) in [4.78, 5) is 14.3. The minimum atomic E-state index is -0.290. The summed E-state index contributed by atoms with van der Waals surface area (Å²) in [7, 11) is 0. The van der Waals surface area contributed by atoms with Gasteiger partial charge in [0.05, 0.1) is 5.69 Å². The zero-order valence-electron chi connectivity index (χ0n) is 11.4. The van der Waals surface area contributed by atoms with E-state index in [-0.39, 0.29) is 11.1 Å². The van der Waals surface area contributed by atoms with E-state index in [1.54, 1.807) is 6.20 Å². The third-order valence-corrected chi connectivity index (χ3v) is 5.62. The molecule has 0 atom stereocenters.